The van der Waals surface area contributed by atoms with Gasteiger partial charge in [-0.3, -0.25) is 9.51 Å². The molecule has 5 aromatic rings. The van der Waals surface area contributed by atoms with Gasteiger partial charge in [-0.05, 0) is 36.4 Å². The summed E-state index contributed by atoms with van der Waals surface area (Å²) in [6, 6.07) is 24.6. The van der Waals surface area contributed by atoms with Crippen LogP contribution in [-0.2, 0) is 11.1 Å². The number of aromatic hydroxyl groups is 1. The summed E-state index contributed by atoms with van der Waals surface area (Å²) in [4.78, 5) is 20.2. The van der Waals surface area contributed by atoms with Crippen LogP contribution in [0.1, 0.15) is 5.69 Å². The van der Waals surface area contributed by atoms with Crippen molar-refractivity contribution in [1.82, 2.24) is 24.9 Å². The van der Waals surface area contributed by atoms with Gasteiger partial charge in [-0.25, -0.2) is 19.9 Å². The molecule has 0 unspecified atom stereocenters. The maximum absolute atomic E-state index is 9.76. The van der Waals surface area contributed by atoms with Crippen LogP contribution in [0.5, 0.6) is 29.3 Å². The molecule has 13 heteroatoms. The van der Waals surface area contributed by atoms with Gasteiger partial charge in [0, 0.05) is 55.2 Å². The third-order valence-electron chi connectivity index (χ3n) is 4.35. The van der Waals surface area contributed by atoms with Crippen molar-refractivity contribution < 1.29 is 27.7 Å². The maximum atomic E-state index is 9.76. The van der Waals surface area contributed by atoms with Crippen LogP contribution in [-0.4, -0.2) is 30.0 Å². The molecule has 0 aliphatic carbocycles. The van der Waals surface area contributed by atoms with Crippen LogP contribution in [0.4, 0.5) is 0 Å². The summed E-state index contributed by atoms with van der Waals surface area (Å²) in [5.74, 6) is 1.87. The first kappa shape index (κ1) is 27.6. The maximum Gasteiger partial charge on any atom is 0.466 e. The van der Waals surface area contributed by atoms with Crippen molar-refractivity contribution in [1.29, 1.82) is 0 Å². The Morgan fingerprint density at radius 1 is 0.564 bits per heavy atom. The Morgan fingerprint density at radius 3 is 1.46 bits per heavy atom. The largest absolute Gasteiger partial charge is 0.506 e. The highest BCUT2D eigenvalue weighted by molar-refractivity contribution is 7.42. The summed E-state index contributed by atoms with van der Waals surface area (Å²) in [6.45, 7) is 0.0258. The van der Waals surface area contributed by atoms with Crippen molar-refractivity contribution >= 4 is 17.6 Å². The Labute approximate surface area is 227 Å². The molecule has 39 heavy (non-hydrogen) atoms. The molecule has 0 amide bonds. The number of hydrogen-bond acceptors (Lipinski definition) is 11. The Morgan fingerprint density at radius 2 is 1.03 bits per heavy atom. The zero-order chi connectivity index (χ0) is 27.0. The fraction of sp³-hybridized carbons (Fsp3) is 0.0385. The van der Waals surface area contributed by atoms with Gasteiger partial charge in [0.2, 0.25) is 23.5 Å². The predicted molar refractivity (Wildman–Crippen MR) is 145 cm³/mol. The SMILES string of the molecule is Oc1cccnc1COP(Oc1ccccn1)Oc1ccccn1.c1ccc(OPOc2ccccn2)nc1. The van der Waals surface area contributed by atoms with Crippen molar-refractivity contribution in [3.8, 4) is 29.3 Å². The molecule has 5 aromatic heterocycles. The van der Waals surface area contributed by atoms with Crippen LogP contribution in [0, 0.1) is 0 Å². The van der Waals surface area contributed by atoms with Gasteiger partial charge in [-0.2, -0.15) is 0 Å². The number of aromatic nitrogens is 5. The second kappa shape index (κ2) is 15.7. The van der Waals surface area contributed by atoms with E-state index >= 15 is 0 Å². The van der Waals surface area contributed by atoms with E-state index in [0.29, 0.717) is 29.2 Å². The summed E-state index contributed by atoms with van der Waals surface area (Å²) >= 11 is 0. The molecule has 0 spiro atoms. The third-order valence-corrected chi connectivity index (χ3v) is 5.95. The quantitative estimate of drug-likeness (QED) is 0.192. The minimum absolute atomic E-state index is 0.0258. The van der Waals surface area contributed by atoms with Gasteiger partial charge < -0.3 is 23.2 Å². The lowest BCUT2D eigenvalue weighted by molar-refractivity contribution is 0.245. The average molecular weight is 563 g/mol. The van der Waals surface area contributed by atoms with Crippen molar-refractivity contribution in [2.75, 3.05) is 0 Å². The molecule has 0 bridgehead atoms. The van der Waals surface area contributed by atoms with Crippen molar-refractivity contribution in [2.24, 2.45) is 0 Å². The van der Waals surface area contributed by atoms with E-state index in [1.54, 1.807) is 85.6 Å². The molecule has 0 atom stereocenters. The summed E-state index contributed by atoms with van der Waals surface area (Å²) in [6.07, 6.45) is 8.11. The normalized spacial score (nSPS) is 10.2. The van der Waals surface area contributed by atoms with E-state index in [4.69, 9.17) is 22.6 Å². The molecule has 0 aliphatic heterocycles. The van der Waals surface area contributed by atoms with E-state index in [0.717, 1.165) is 0 Å². The van der Waals surface area contributed by atoms with Crippen molar-refractivity contribution in [3.63, 3.8) is 0 Å². The molecule has 5 rings (SSSR count). The number of hydrogen-bond donors (Lipinski definition) is 1. The van der Waals surface area contributed by atoms with Crippen LogP contribution < -0.4 is 18.1 Å². The smallest absolute Gasteiger partial charge is 0.466 e. The summed E-state index contributed by atoms with van der Waals surface area (Å²) in [7, 11) is -1.96. The first-order chi connectivity index (χ1) is 19.3. The van der Waals surface area contributed by atoms with Crippen LogP contribution in [0.3, 0.4) is 0 Å². The van der Waals surface area contributed by atoms with Gasteiger partial charge in [-0.1, -0.05) is 24.3 Å². The lowest BCUT2D eigenvalue weighted by Crippen LogP contribution is -2.03. The first-order valence-corrected chi connectivity index (χ1v) is 13.3. The number of nitrogens with zero attached hydrogens (tertiary/aromatic N) is 5. The topological polar surface area (TPSA) is 131 Å². The van der Waals surface area contributed by atoms with Crippen molar-refractivity contribution in [3.05, 3.63) is 122 Å². The summed E-state index contributed by atoms with van der Waals surface area (Å²) in [5.41, 5.74) is 0.388. The van der Waals surface area contributed by atoms with Gasteiger partial charge in [-0.15, -0.1) is 0 Å². The van der Waals surface area contributed by atoms with E-state index in [9.17, 15) is 5.11 Å². The molecule has 1 N–H and O–H groups in total. The molecule has 0 saturated heterocycles. The average Bonchev–Trinajstić information content (AvgIpc) is 2.99. The molecule has 198 valence electrons. The number of pyridine rings is 5. The van der Waals surface area contributed by atoms with Gasteiger partial charge in [0.05, 0.1) is 0 Å². The van der Waals surface area contributed by atoms with E-state index in [2.05, 4.69) is 24.9 Å². The monoisotopic (exact) mass is 563 g/mol. The Hall–Kier alpha value is -4.43. The van der Waals surface area contributed by atoms with Crippen LogP contribution >= 0.6 is 17.6 Å². The molecule has 0 aliphatic rings. The minimum Gasteiger partial charge on any atom is -0.506 e. The highest BCUT2D eigenvalue weighted by Gasteiger charge is 2.20. The summed E-state index contributed by atoms with van der Waals surface area (Å²) < 4.78 is 27.4. The molecular formula is C26H23N5O6P2. The van der Waals surface area contributed by atoms with Crippen LogP contribution in [0.2, 0.25) is 0 Å². The molecule has 5 heterocycles. The lowest BCUT2D eigenvalue weighted by atomic mass is 10.3. The zero-order valence-electron chi connectivity index (χ0n) is 20.3. The number of rotatable bonds is 11. The van der Waals surface area contributed by atoms with Crippen molar-refractivity contribution in [2.45, 2.75) is 6.61 Å². The Kier molecular flexibility index (Phi) is 11.1. The van der Waals surface area contributed by atoms with Crippen LogP contribution in [0.25, 0.3) is 0 Å². The van der Waals surface area contributed by atoms with E-state index < -0.39 is 8.60 Å². The Bertz CT molecular complexity index is 1280. The molecule has 0 radical (unpaired) electrons. The molecule has 11 nitrogen and oxygen atoms in total. The van der Waals surface area contributed by atoms with E-state index in [1.807, 2.05) is 24.3 Å². The lowest BCUT2D eigenvalue weighted by Gasteiger charge is -2.16. The van der Waals surface area contributed by atoms with E-state index in [1.165, 1.54) is 6.07 Å². The van der Waals surface area contributed by atoms with Gasteiger partial charge in [0.25, 0.3) is 9.03 Å². The van der Waals surface area contributed by atoms with Gasteiger partial charge in [0.15, 0.2) is 0 Å². The Balaban J connectivity index is 0.000000202. The van der Waals surface area contributed by atoms with Gasteiger partial charge >= 0.3 is 8.60 Å². The molecule has 0 fully saturated rings. The molecule has 0 saturated carbocycles. The second-order valence-corrected chi connectivity index (χ2v) is 8.75. The van der Waals surface area contributed by atoms with E-state index in [-0.39, 0.29) is 21.4 Å². The molecule has 0 aromatic carbocycles. The minimum atomic E-state index is -1.83. The standard InChI is InChI=1S/C16H14N3O4P.C10H9N2O2P/c20-14-6-5-11-17-13(14)12-21-24(22-15-7-1-3-9-18-15)23-16-8-2-4-10-19-16;1-3-7-11-9(5-1)13-15-14-10-6-2-4-8-12-10/h1-11,20H,12H2;1-8,15H. The predicted octanol–water partition coefficient (Wildman–Crippen LogP) is 5.92. The highest BCUT2D eigenvalue weighted by Crippen LogP contribution is 2.41. The fourth-order valence-corrected chi connectivity index (χ4v) is 3.95. The second-order valence-electron chi connectivity index (χ2n) is 7.11. The third kappa shape index (κ3) is 10.1. The first-order valence-electron chi connectivity index (χ1n) is 11.4. The van der Waals surface area contributed by atoms with Gasteiger partial charge in [0.1, 0.15) is 18.1 Å². The molecular weight excluding hydrogens is 540 g/mol. The fourth-order valence-electron chi connectivity index (χ4n) is 2.60. The zero-order valence-corrected chi connectivity index (χ0v) is 22.2. The summed E-state index contributed by atoms with van der Waals surface area (Å²) in [5, 5.41) is 9.76. The highest BCUT2D eigenvalue weighted by atomic mass is 31.2. The van der Waals surface area contributed by atoms with Crippen LogP contribution in [0.15, 0.2) is 116 Å².